The third-order valence-corrected chi connectivity index (χ3v) is 6.76. The molecule has 1 fully saturated rings. The standard InChI is InChI=1S/C14H32N2O3Si/c1-5-15-9-11-16(12-10-15)13-14-20(17-6-2,18-7-3)19-8-4/h5-14H2,1-4H3. The largest absolute Gasteiger partial charge is 0.502 e. The summed E-state index contributed by atoms with van der Waals surface area (Å²) in [7, 11) is -2.46. The quantitative estimate of drug-likeness (QED) is 0.574. The summed E-state index contributed by atoms with van der Waals surface area (Å²) in [5.74, 6) is 0. The lowest BCUT2D eigenvalue weighted by molar-refractivity contribution is 0.0648. The third kappa shape index (κ3) is 5.79. The second kappa shape index (κ2) is 9.86. The molecule has 20 heavy (non-hydrogen) atoms. The van der Waals surface area contributed by atoms with Gasteiger partial charge in [-0.15, -0.1) is 0 Å². The normalized spacial score (nSPS) is 18.6. The fourth-order valence-electron chi connectivity index (χ4n) is 2.63. The van der Waals surface area contributed by atoms with Crippen molar-refractivity contribution in [3.8, 4) is 0 Å². The highest BCUT2D eigenvalue weighted by atomic mass is 28.4. The van der Waals surface area contributed by atoms with Gasteiger partial charge in [0.15, 0.2) is 0 Å². The van der Waals surface area contributed by atoms with Crippen molar-refractivity contribution in [2.24, 2.45) is 0 Å². The van der Waals surface area contributed by atoms with Gasteiger partial charge in [-0.1, -0.05) is 6.92 Å². The third-order valence-electron chi connectivity index (χ3n) is 3.74. The number of piperazine rings is 1. The number of nitrogens with zero attached hydrogens (tertiary/aromatic N) is 2. The van der Waals surface area contributed by atoms with Crippen LogP contribution < -0.4 is 0 Å². The molecule has 0 atom stereocenters. The summed E-state index contributed by atoms with van der Waals surface area (Å²) in [4.78, 5) is 5.00. The first kappa shape index (κ1) is 18.1. The van der Waals surface area contributed by atoms with E-state index in [2.05, 4.69) is 16.7 Å². The van der Waals surface area contributed by atoms with E-state index in [1.165, 1.54) is 13.1 Å². The molecule has 1 rings (SSSR count). The summed E-state index contributed by atoms with van der Waals surface area (Å²) in [5, 5.41) is 0. The van der Waals surface area contributed by atoms with Gasteiger partial charge < -0.3 is 23.1 Å². The van der Waals surface area contributed by atoms with Crippen LogP contribution in [0.15, 0.2) is 0 Å². The van der Waals surface area contributed by atoms with Crippen LogP contribution in [0.5, 0.6) is 0 Å². The summed E-state index contributed by atoms with van der Waals surface area (Å²) < 4.78 is 17.7. The Labute approximate surface area is 125 Å². The molecular formula is C14H32N2O3Si. The number of hydrogen-bond acceptors (Lipinski definition) is 5. The highest BCUT2D eigenvalue weighted by Crippen LogP contribution is 2.17. The predicted octanol–water partition coefficient (Wildman–Crippen LogP) is 1.67. The van der Waals surface area contributed by atoms with Gasteiger partial charge in [-0.3, -0.25) is 0 Å². The van der Waals surface area contributed by atoms with Crippen LogP contribution in [-0.2, 0) is 13.3 Å². The lowest BCUT2D eigenvalue weighted by Gasteiger charge is -2.36. The Hall–Kier alpha value is 0.0169. The SMILES string of the molecule is CCO[Si](CCN1CCN(CC)CC1)(OCC)OCC. The van der Waals surface area contributed by atoms with Crippen molar-refractivity contribution in [2.75, 3.05) is 59.1 Å². The van der Waals surface area contributed by atoms with Crippen LogP contribution in [0.25, 0.3) is 0 Å². The zero-order chi connectivity index (χ0) is 14.8. The topological polar surface area (TPSA) is 34.2 Å². The lowest BCUT2D eigenvalue weighted by atomic mass is 10.3. The van der Waals surface area contributed by atoms with E-state index < -0.39 is 8.80 Å². The average molecular weight is 305 g/mol. The van der Waals surface area contributed by atoms with Gasteiger partial charge in [-0.2, -0.15) is 0 Å². The van der Waals surface area contributed by atoms with Gasteiger partial charge in [-0.25, -0.2) is 0 Å². The van der Waals surface area contributed by atoms with Crippen LogP contribution in [0, 0.1) is 0 Å². The van der Waals surface area contributed by atoms with Crippen molar-refractivity contribution in [1.82, 2.24) is 9.80 Å². The molecule has 1 heterocycles. The van der Waals surface area contributed by atoms with Gasteiger partial charge >= 0.3 is 8.80 Å². The first-order valence-corrected chi connectivity index (χ1v) is 9.99. The average Bonchev–Trinajstić information content (AvgIpc) is 2.46. The predicted molar refractivity (Wildman–Crippen MR) is 84.0 cm³/mol. The maximum absolute atomic E-state index is 5.90. The van der Waals surface area contributed by atoms with Crippen LogP contribution in [0.3, 0.4) is 0 Å². The molecule has 0 aliphatic carbocycles. The molecule has 0 saturated carbocycles. The summed E-state index contributed by atoms with van der Waals surface area (Å²) in [6, 6.07) is 0.897. The molecule has 1 aliphatic heterocycles. The summed E-state index contributed by atoms with van der Waals surface area (Å²) in [6.45, 7) is 17.1. The van der Waals surface area contributed by atoms with Crippen LogP contribution >= 0.6 is 0 Å². The molecule has 0 aromatic carbocycles. The van der Waals surface area contributed by atoms with Gasteiger partial charge in [0.2, 0.25) is 0 Å². The smallest absolute Gasteiger partial charge is 0.374 e. The molecule has 0 amide bonds. The Kier molecular flexibility index (Phi) is 8.91. The monoisotopic (exact) mass is 304 g/mol. The van der Waals surface area contributed by atoms with Crippen LogP contribution in [0.4, 0.5) is 0 Å². The molecule has 0 radical (unpaired) electrons. The van der Waals surface area contributed by atoms with Crippen LogP contribution in [0.2, 0.25) is 6.04 Å². The Morgan fingerprint density at radius 1 is 0.750 bits per heavy atom. The number of hydrogen-bond donors (Lipinski definition) is 0. The minimum atomic E-state index is -2.46. The first-order chi connectivity index (χ1) is 9.69. The lowest BCUT2D eigenvalue weighted by Crippen LogP contribution is -2.51. The van der Waals surface area contributed by atoms with E-state index in [1.807, 2.05) is 20.8 Å². The van der Waals surface area contributed by atoms with Crippen molar-refractivity contribution in [3.63, 3.8) is 0 Å². The second-order valence-corrected chi connectivity index (χ2v) is 7.74. The molecule has 5 nitrogen and oxygen atoms in total. The van der Waals surface area contributed by atoms with Gasteiger partial charge in [0, 0.05) is 58.6 Å². The minimum Gasteiger partial charge on any atom is -0.374 e. The summed E-state index contributed by atoms with van der Waals surface area (Å²) in [6.07, 6.45) is 0. The zero-order valence-electron chi connectivity index (χ0n) is 13.7. The van der Waals surface area contributed by atoms with Gasteiger partial charge in [0.1, 0.15) is 0 Å². The van der Waals surface area contributed by atoms with E-state index in [0.717, 1.165) is 32.2 Å². The maximum atomic E-state index is 5.90. The summed E-state index contributed by atoms with van der Waals surface area (Å²) >= 11 is 0. The van der Waals surface area contributed by atoms with E-state index in [9.17, 15) is 0 Å². The molecule has 0 spiro atoms. The molecule has 1 saturated heterocycles. The van der Waals surface area contributed by atoms with Gasteiger partial charge in [-0.05, 0) is 27.3 Å². The van der Waals surface area contributed by atoms with Crippen molar-refractivity contribution < 1.29 is 13.3 Å². The van der Waals surface area contributed by atoms with Crippen molar-refractivity contribution >= 4 is 8.80 Å². The van der Waals surface area contributed by atoms with E-state index in [-0.39, 0.29) is 0 Å². The molecule has 120 valence electrons. The second-order valence-electron chi connectivity index (χ2n) is 5.01. The molecule has 0 unspecified atom stereocenters. The molecule has 0 aromatic rings. The van der Waals surface area contributed by atoms with Crippen molar-refractivity contribution in [3.05, 3.63) is 0 Å². The number of likely N-dealkylation sites (N-methyl/N-ethyl adjacent to an activating group) is 1. The minimum absolute atomic E-state index is 0.663. The molecule has 6 heteroatoms. The maximum Gasteiger partial charge on any atom is 0.502 e. The number of rotatable bonds is 10. The van der Waals surface area contributed by atoms with E-state index in [1.54, 1.807) is 0 Å². The van der Waals surface area contributed by atoms with E-state index >= 15 is 0 Å². The van der Waals surface area contributed by atoms with Gasteiger partial charge in [0.05, 0.1) is 0 Å². The van der Waals surface area contributed by atoms with Crippen molar-refractivity contribution in [2.45, 2.75) is 33.7 Å². The first-order valence-electron chi connectivity index (χ1n) is 8.06. The van der Waals surface area contributed by atoms with Crippen LogP contribution in [-0.4, -0.2) is 77.7 Å². The Morgan fingerprint density at radius 3 is 1.60 bits per heavy atom. The molecule has 0 N–H and O–H groups in total. The highest BCUT2D eigenvalue weighted by Gasteiger charge is 2.40. The van der Waals surface area contributed by atoms with E-state index in [4.69, 9.17) is 13.3 Å². The molecular weight excluding hydrogens is 272 g/mol. The highest BCUT2D eigenvalue weighted by molar-refractivity contribution is 6.60. The molecule has 1 aliphatic rings. The van der Waals surface area contributed by atoms with Crippen molar-refractivity contribution in [1.29, 1.82) is 0 Å². The Balaban J connectivity index is 2.44. The fraction of sp³-hybridized carbons (Fsp3) is 1.00. The molecule has 0 aromatic heterocycles. The Bertz CT molecular complexity index is 232. The zero-order valence-corrected chi connectivity index (χ0v) is 14.7. The van der Waals surface area contributed by atoms with E-state index in [0.29, 0.717) is 19.8 Å². The van der Waals surface area contributed by atoms with Crippen LogP contribution in [0.1, 0.15) is 27.7 Å². The van der Waals surface area contributed by atoms with Gasteiger partial charge in [0.25, 0.3) is 0 Å². The molecule has 0 bridgehead atoms. The summed E-state index contributed by atoms with van der Waals surface area (Å²) in [5.41, 5.74) is 0. The fourth-order valence-corrected chi connectivity index (χ4v) is 5.22. The Morgan fingerprint density at radius 2 is 1.20 bits per heavy atom.